The highest BCUT2D eigenvalue weighted by Gasteiger charge is 2.20. The van der Waals surface area contributed by atoms with Crippen LogP contribution in [0.2, 0.25) is 0 Å². The maximum atomic E-state index is 11.8. The summed E-state index contributed by atoms with van der Waals surface area (Å²) in [6.45, 7) is 2.26. The van der Waals surface area contributed by atoms with Crippen molar-refractivity contribution >= 4 is 17.6 Å². The summed E-state index contributed by atoms with van der Waals surface area (Å²) < 4.78 is 4.86. The Morgan fingerprint density at radius 1 is 1.42 bits per heavy atom. The Kier molecular flexibility index (Phi) is 4.35. The molecule has 102 valence electrons. The van der Waals surface area contributed by atoms with Crippen molar-refractivity contribution in [2.24, 2.45) is 0 Å². The molecular weight excluding hydrogens is 246 g/mol. The quantitative estimate of drug-likeness (QED) is 0.764. The third kappa shape index (κ3) is 3.23. The predicted octanol–water partition coefficient (Wildman–Crippen LogP) is 0.592. The first-order valence-electron chi connectivity index (χ1n) is 6.15. The van der Waals surface area contributed by atoms with Crippen molar-refractivity contribution in [2.45, 2.75) is 0 Å². The van der Waals surface area contributed by atoms with E-state index in [-0.39, 0.29) is 11.9 Å². The number of nitrogens with zero attached hydrogens (tertiary/aromatic N) is 1. The predicted molar refractivity (Wildman–Crippen MR) is 71.4 cm³/mol. The number of hydrogen-bond donors (Lipinski definition) is 2. The summed E-state index contributed by atoms with van der Waals surface area (Å²) in [5.74, 6) is -0.144. The Hall–Kier alpha value is -2.08. The summed E-state index contributed by atoms with van der Waals surface area (Å²) in [5.41, 5.74) is 1.36. The highest BCUT2D eigenvalue weighted by atomic mass is 16.5. The van der Waals surface area contributed by atoms with Gasteiger partial charge in [0.25, 0.3) is 5.91 Å². The molecule has 0 aliphatic carbocycles. The molecule has 3 amide bonds. The zero-order valence-corrected chi connectivity index (χ0v) is 10.8. The molecule has 0 atom stereocenters. The van der Waals surface area contributed by atoms with Gasteiger partial charge in [-0.15, -0.1) is 0 Å². The second-order valence-corrected chi connectivity index (χ2v) is 4.18. The molecule has 1 aliphatic rings. The van der Waals surface area contributed by atoms with Gasteiger partial charge in [0, 0.05) is 38.0 Å². The number of carbonyl (C=O) groups is 2. The van der Waals surface area contributed by atoms with Crippen molar-refractivity contribution in [3.05, 3.63) is 29.8 Å². The Balaban J connectivity index is 1.98. The Bertz CT molecular complexity index is 459. The van der Waals surface area contributed by atoms with Gasteiger partial charge in [0.1, 0.15) is 0 Å². The van der Waals surface area contributed by atoms with E-state index in [1.807, 2.05) is 0 Å². The molecular formula is C13H17N3O3. The van der Waals surface area contributed by atoms with E-state index in [9.17, 15) is 9.59 Å². The second-order valence-electron chi connectivity index (χ2n) is 4.18. The van der Waals surface area contributed by atoms with Crippen LogP contribution in [-0.2, 0) is 4.74 Å². The number of methoxy groups -OCH3 is 1. The first-order valence-corrected chi connectivity index (χ1v) is 6.15. The summed E-state index contributed by atoms with van der Waals surface area (Å²) in [6.07, 6.45) is 0. The number of urea groups is 1. The van der Waals surface area contributed by atoms with Crippen molar-refractivity contribution in [3.8, 4) is 0 Å². The fraction of sp³-hybridized carbons (Fsp3) is 0.385. The molecule has 6 nitrogen and oxygen atoms in total. The van der Waals surface area contributed by atoms with Crippen LogP contribution in [0.1, 0.15) is 10.4 Å². The molecule has 0 radical (unpaired) electrons. The van der Waals surface area contributed by atoms with Gasteiger partial charge in [-0.05, 0) is 24.3 Å². The van der Waals surface area contributed by atoms with Gasteiger partial charge in [0.15, 0.2) is 0 Å². The highest BCUT2D eigenvalue weighted by Crippen LogP contribution is 2.17. The average Bonchev–Trinajstić information content (AvgIpc) is 2.85. The van der Waals surface area contributed by atoms with Crippen LogP contribution in [0.15, 0.2) is 24.3 Å². The summed E-state index contributed by atoms with van der Waals surface area (Å²) in [6, 6.07) is 6.87. The molecule has 0 spiro atoms. The van der Waals surface area contributed by atoms with E-state index >= 15 is 0 Å². The second kappa shape index (κ2) is 6.19. The number of ether oxygens (including phenoxy) is 1. The Labute approximate surface area is 111 Å². The standard InChI is InChI=1S/C13H17N3O3/c1-19-9-7-14-12(17)10-2-4-11(5-3-10)16-8-6-15-13(16)18/h2-5H,6-9H2,1H3,(H,14,17)(H,15,18). The van der Waals surface area contributed by atoms with Crippen LogP contribution in [0, 0.1) is 0 Å². The van der Waals surface area contributed by atoms with Gasteiger partial charge in [0.05, 0.1) is 6.61 Å². The summed E-state index contributed by atoms with van der Waals surface area (Å²) in [7, 11) is 1.59. The van der Waals surface area contributed by atoms with Crippen LogP contribution in [-0.4, -0.2) is 45.3 Å². The minimum absolute atomic E-state index is 0.0997. The first kappa shape index (κ1) is 13.4. The Morgan fingerprint density at radius 3 is 2.74 bits per heavy atom. The average molecular weight is 263 g/mol. The first-order chi connectivity index (χ1) is 9.22. The van der Waals surface area contributed by atoms with Gasteiger partial charge in [-0.3, -0.25) is 9.69 Å². The number of amides is 3. The van der Waals surface area contributed by atoms with Crippen LogP contribution in [0.3, 0.4) is 0 Å². The largest absolute Gasteiger partial charge is 0.383 e. The van der Waals surface area contributed by atoms with Crippen molar-refractivity contribution in [2.75, 3.05) is 38.3 Å². The molecule has 6 heteroatoms. The van der Waals surface area contributed by atoms with E-state index in [0.29, 0.717) is 31.8 Å². The highest BCUT2D eigenvalue weighted by molar-refractivity contribution is 5.96. The summed E-state index contributed by atoms with van der Waals surface area (Å²) in [5, 5.41) is 5.47. The van der Waals surface area contributed by atoms with Crippen molar-refractivity contribution in [3.63, 3.8) is 0 Å². The fourth-order valence-electron chi connectivity index (χ4n) is 1.88. The van der Waals surface area contributed by atoms with E-state index < -0.39 is 0 Å². The minimum Gasteiger partial charge on any atom is -0.383 e. The number of hydrogen-bond acceptors (Lipinski definition) is 3. The molecule has 1 fully saturated rings. The lowest BCUT2D eigenvalue weighted by Crippen LogP contribution is -2.28. The zero-order chi connectivity index (χ0) is 13.7. The molecule has 0 saturated carbocycles. The maximum absolute atomic E-state index is 11.8. The Morgan fingerprint density at radius 2 is 2.16 bits per heavy atom. The molecule has 0 bridgehead atoms. The third-order valence-corrected chi connectivity index (χ3v) is 2.89. The van der Waals surface area contributed by atoms with E-state index in [2.05, 4.69) is 10.6 Å². The summed E-state index contributed by atoms with van der Waals surface area (Å²) in [4.78, 5) is 24.9. The fourth-order valence-corrected chi connectivity index (χ4v) is 1.88. The van der Waals surface area contributed by atoms with Gasteiger partial charge in [-0.25, -0.2) is 4.79 Å². The number of carbonyl (C=O) groups excluding carboxylic acids is 2. The lowest BCUT2D eigenvalue weighted by Gasteiger charge is -2.14. The molecule has 19 heavy (non-hydrogen) atoms. The van der Waals surface area contributed by atoms with Crippen LogP contribution >= 0.6 is 0 Å². The van der Waals surface area contributed by atoms with E-state index in [4.69, 9.17) is 4.74 Å². The summed E-state index contributed by atoms with van der Waals surface area (Å²) >= 11 is 0. The lowest BCUT2D eigenvalue weighted by molar-refractivity contribution is 0.0937. The van der Waals surface area contributed by atoms with Crippen LogP contribution in [0.5, 0.6) is 0 Å². The molecule has 1 heterocycles. The topological polar surface area (TPSA) is 70.7 Å². The maximum Gasteiger partial charge on any atom is 0.321 e. The van der Waals surface area contributed by atoms with E-state index in [1.165, 1.54) is 0 Å². The molecule has 2 rings (SSSR count). The number of rotatable bonds is 5. The normalized spacial score (nSPS) is 14.4. The van der Waals surface area contributed by atoms with Gasteiger partial charge in [-0.1, -0.05) is 0 Å². The van der Waals surface area contributed by atoms with E-state index in [1.54, 1.807) is 36.3 Å². The van der Waals surface area contributed by atoms with Crippen LogP contribution in [0.4, 0.5) is 10.5 Å². The SMILES string of the molecule is COCCNC(=O)c1ccc(N2CCNC2=O)cc1. The van der Waals surface area contributed by atoms with Crippen LogP contribution in [0.25, 0.3) is 0 Å². The molecule has 1 aliphatic heterocycles. The lowest BCUT2D eigenvalue weighted by atomic mass is 10.2. The number of nitrogens with one attached hydrogen (secondary N) is 2. The third-order valence-electron chi connectivity index (χ3n) is 2.89. The molecule has 1 aromatic rings. The van der Waals surface area contributed by atoms with Crippen molar-refractivity contribution in [1.82, 2.24) is 10.6 Å². The zero-order valence-electron chi connectivity index (χ0n) is 10.8. The van der Waals surface area contributed by atoms with Crippen molar-refractivity contribution in [1.29, 1.82) is 0 Å². The van der Waals surface area contributed by atoms with Crippen molar-refractivity contribution < 1.29 is 14.3 Å². The molecule has 0 aromatic heterocycles. The smallest absolute Gasteiger partial charge is 0.321 e. The molecule has 1 saturated heterocycles. The monoisotopic (exact) mass is 263 g/mol. The van der Waals surface area contributed by atoms with Crippen LogP contribution < -0.4 is 15.5 Å². The van der Waals surface area contributed by atoms with Gasteiger partial charge in [0.2, 0.25) is 0 Å². The molecule has 0 unspecified atom stereocenters. The van der Waals surface area contributed by atoms with Gasteiger partial charge >= 0.3 is 6.03 Å². The van der Waals surface area contributed by atoms with E-state index in [0.717, 1.165) is 5.69 Å². The van der Waals surface area contributed by atoms with Gasteiger partial charge < -0.3 is 15.4 Å². The van der Waals surface area contributed by atoms with Gasteiger partial charge in [-0.2, -0.15) is 0 Å². The number of anilines is 1. The molecule has 2 N–H and O–H groups in total. The molecule has 1 aromatic carbocycles. The minimum atomic E-state index is -0.144. The number of benzene rings is 1.